The van der Waals surface area contributed by atoms with E-state index in [9.17, 15) is 0 Å². The summed E-state index contributed by atoms with van der Waals surface area (Å²) in [5, 5.41) is 9.25. The van der Waals surface area contributed by atoms with E-state index in [4.69, 9.17) is 4.74 Å². The molecule has 2 fully saturated rings. The second kappa shape index (κ2) is 6.78. The summed E-state index contributed by atoms with van der Waals surface area (Å²) in [6.45, 7) is 3.62. The van der Waals surface area contributed by atoms with Gasteiger partial charge in [-0.15, -0.1) is 0 Å². The first-order chi connectivity index (χ1) is 11.8. The molecular formula is C20H23N3O. The van der Waals surface area contributed by atoms with Crippen LogP contribution in [0.4, 0.5) is 0 Å². The lowest BCUT2D eigenvalue weighted by molar-refractivity contribution is 0.00158. The second-order valence-electron chi connectivity index (χ2n) is 6.80. The van der Waals surface area contributed by atoms with Crippen molar-refractivity contribution in [1.82, 2.24) is 15.0 Å². The average molecular weight is 321 g/mol. The zero-order valence-electron chi connectivity index (χ0n) is 14.2. The molecule has 0 spiro atoms. The Morgan fingerprint density at radius 3 is 2.67 bits per heavy atom. The van der Waals surface area contributed by atoms with Crippen LogP contribution in [0, 0.1) is 24.7 Å². The van der Waals surface area contributed by atoms with E-state index in [1.165, 1.54) is 25.7 Å². The number of hydrogen-bond acceptors (Lipinski definition) is 3. The van der Waals surface area contributed by atoms with Crippen molar-refractivity contribution in [2.75, 3.05) is 6.61 Å². The van der Waals surface area contributed by atoms with Crippen LogP contribution < -0.4 is 0 Å². The summed E-state index contributed by atoms with van der Waals surface area (Å²) in [6, 6.07) is 8.34. The van der Waals surface area contributed by atoms with Crippen LogP contribution in [0.3, 0.4) is 0 Å². The van der Waals surface area contributed by atoms with E-state index in [2.05, 4.69) is 46.3 Å². The molecule has 1 aromatic heterocycles. The Balaban J connectivity index is 1.48. The maximum atomic E-state index is 5.79. The molecule has 0 N–H and O–H groups in total. The van der Waals surface area contributed by atoms with E-state index in [1.54, 1.807) is 4.80 Å². The zero-order chi connectivity index (χ0) is 16.4. The highest BCUT2D eigenvalue weighted by atomic mass is 16.5. The predicted molar refractivity (Wildman–Crippen MR) is 93.4 cm³/mol. The van der Waals surface area contributed by atoms with E-state index in [-0.39, 0.29) is 6.10 Å². The smallest absolute Gasteiger partial charge is 0.115 e. The minimum Gasteiger partial charge on any atom is -0.376 e. The van der Waals surface area contributed by atoms with Crippen molar-refractivity contribution in [2.45, 2.75) is 51.7 Å². The quantitative estimate of drug-likeness (QED) is 0.811. The van der Waals surface area contributed by atoms with E-state index in [1.807, 2.05) is 6.92 Å². The third kappa shape index (κ3) is 3.68. The summed E-state index contributed by atoms with van der Waals surface area (Å²) in [4.78, 5) is 1.79. The Kier molecular flexibility index (Phi) is 4.36. The van der Waals surface area contributed by atoms with Crippen LogP contribution in [0.1, 0.15) is 43.4 Å². The molecule has 1 saturated heterocycles. The fourth-order valence-corrected chi connectivity index (χ4v) is 3.04. The van der Waals surface area contributed by atoms with E-state index in [0.29, 0.717) is 5.92 Å². The molecular weight excluding hydrogens is 298 g/mol. The molecule has 1 aliphatic carbocycles. The summed E-state index contributed by atoms with van der Waals surface area (Å²) in [7, 11) is 0. The molecule has 4 heteroatoms. The summed E-state index contributed by atoms with van der Waals surface area (Å²) >= 11 is 0. The molecule has 0 bridgehead atoms. The second-order valence-corrected chi connectivity index (χ2v) is 6.80. The Bertz CT molecular complexity index is 756. The first kappa shape index (κ1) is 15.4. The summed E-state index contributed by atoms with van der Waals surface area (Å²) < 4.78 is 5.79. The molecule has 1 aliphatic heterocycles. The van der Waals surface area contributed by atoms with Crippen molar-refractivity contribution in [3.8, 4) is 23.1 Å². The highest BCUT2D eigenvalue weighted by Gasteiger charge is 2.18. The van der Waals surface area contributed by atoms with Gasteiger partial charge in [-0.25, -0.2) is 0 Å². The molecule has 2 aromatic rings. The molecule has 1 saturated carbocycles. The zero-order valence-corrected chi connectivity index (χ0v) is 14.2. The lowest BCUT2D eigenvalue weighted by Crippen LogP contribution is -2.25. The van der Waals surface area contributed by atoms with Crippen molar-refractivity contribution in [2.24, 2.45) is 5.92 Å². The maximum absolute atomic E-state index is 5.79. The molecule has 4 rings (SSSR count). The highest BCUT2D eigenvalue weighted by molar-refractivity contribution is 5.62. The van der Waals surface area contributed by atoms with Crippen LogP contribution in [-0.4, -0.2) is 27.7 Å². The minimum atomic E-state index is 0.249. The molecule has 4 nitrogen and oxygen atoms in total. The van der Waals surface area contributed by atoms with Gasteiger partial charge in [0.2, 0.25) is 0 Å². The average Bonchev–Trinajstić information content (AvgIpc) is 3.37. The van der Waals surface area contributed by atoms with Crippen LogP contribution in [0.2, 0.25) is 0 Å². The molecule has 2 heterocycles. The van der Waals surface area contributed by atoms with Crippen LogP contribution >= 0.6 is 0 Å². The van der Waals surface area contributed by atoms with Gasteiger partial charge < -0.3 is 4.74 Å². The molecule has 0 unspecified atom stereocenters. The van der Waals surface area contributed by atoms with Crippen molar-refractivity contribution in [3.05, 3.63) is 35.5 Å². The number of aromatic nitrogens is 3. The van der Waals surface area contributed by atoms with Gasteiger partial charge in [0, 0.05) is 23.7 Å². The highest BCUT2D eigenvalue weighted by Crippen LogP contribution is 2.27. The van der Waals surface area contributed by atoms with E-state index < -0.39 is 0 Å². The van der Waals surface area contributed by atoms with E-state index in [0.717, 1.165) is 42.1 Å². The van der Waals surface area contributed by atoms with Gasteiger partial charge in [-0.05, 0) is 51.2 Å². The molecule has 2 aliphatic rings. The summed E-state index contributed by atoms with van der Waals surface area (Å²) in [5.41, 5.74) is 4.08. The number of hydrogen-bond donors (Lipinski definition) is 0. The minimum absolute atomic E-state index is 0.249. The SMILES string of the molecule is Cc1nn(C[C@H]2CCCCO2)nc1-c1ccc(C#CC2CC2)cc1. The number of benzene rings is 1. The van der Waals surface area contributed by atoms with Gasteiger partial charge in [-0.2, -0.15) is 15.0 Å². The van der Waals surface area contributed by atoms with Crippen molar-refractivity contribution in [1.29, 1.82) is 0 Å². The van der Waals surface area contributed by atoms with Crippen molar-refractivity contribution >= 4 is 0 Å². The van der Waals surface area contributed by atoms with Gasteiger partial charge in [-0.1, -0.05) is 24.0 Å². The van der Waals surface area contributed by atoms with Gasteiger partial charge >= 0.3 is 0 Å². The monoisotopic (exact) mass is 321 g/mol. The molecule has 24 heavy (non-hydrogen) atoms. The van der Waals surface area contributed by atoms with Crippen molar-refractivity contribution < 1.29 is 4.74 Å². The molecule has 0 radical (unpaired) electrons. The fourth-order valence-electron chi connectivity index (χ4n) is 3.04. The van der Waals surface area contributed by atoms with Crippen molar-refractivity contribution in [3.63, 3.8) is 0 Å². The summed E-state index contributed by atoms with van der Waals surface area (Å²) in [5.74, 6) is 7.18. The third-order valence-electron chi connectivity index (χ3n) is 4.62. The number of rotatable bonds is 3. The molecule has 0 amide bonds. The number of aryl methyl sites for hydroxylation is 1. The Labute approximate surface area is 143 Å². The van der Waals surface area contributed by atoms with Crippen LogP contribution in [-0.2, 0) is 11.3 Å². The predicted octanol–water partition coefficient (Wildman–Crippen LogP) is 3.58. The molecule has 1 atom stereocenters. The number of ether oxygens (including phenoxy) is 1. The molecule has 1 aromatic carbocycles. The van der Waals surface area contributed by atoms with Gasteiger partial charge in [0.15, 0.2) is 0 Å². The van der Waals surface area contributed by atoms with Crippen LogP contribution in [0.15, 0.2) is 24.3 Å². The van der Waals surface area contributed by atoms with Crippen LogP contribution in [0.5, 0.6) is 0 Å². The first-order valence-electron chi connectivity index (χ1n) is 8.93. The Morgan fingerprint density at radius 2 is 1.96 bits per heavy atom. The Hall–Kier alpha value is -2.12. The third-order valence-corrected chi connectivity index (χ3v) is 4.62. The molecule has 124 valence electrons. The normalized spacial score (nSPS) is 20.5. The van der Waals surface area contributed by atoms with Gasteiger partial charge in [-0.3, -0.25) is 0 Å². The van der Waals surface area contributed by atoms with Gasteiger partial charge in [0.1, 0.15) is 5.69 Å². The summed E-state index contributed by atoms with van der Waals surface area (Å²) in [6.07, 6.45) is 6.28. The lowest BCUT2D eigenvalue weighted by Gasteiger charge is -2.21. The lowest BCUT2D eigenvalue weighted by atomic mass is 10.1. The first-order valence-corrected chi connectivity index (χ1v) is 8.93. The standard InChI is InChI=1S/C20H23N3O/c1-15-20(22-23(21-15)14-19-4-2-3-13-24-19)18-11-9-17(10-12-18)8-7-16-5-6-16/h9-12,16,19H,2-6,13-14H2,1H3/t19-/m1/s1. The van der Waals surface area contributed by atoms with Gasteiger partial charge in [0.05, 0.1) is 18.3 Å². The van der Waals surface area contributed by atoms with E-state index >= 15 is 0 Å². The topological polar surface area (TPSA) is 39.9 Å². The van der Waals surface area contributed by atoms with Crippen LogP contribution in [0.25, 0.3) is 11.3 Å². The largest absolute Gasteiger partial charge is 0.376 e. The van der Waals surface area contributed by atoms with Gasteiger partial charge in [0.25, 0.3) is 0 Å². The number of nitrogens with zero attached hydrogens (tertiary/aromatic N) is 3. The fraction of sp³-hybridized carbons (Fsp3) is 0.500. The maximum Gasteiger partial charge on any atom is 0.115 e. The Morgan fingerprint density at radius 1 is 1.12 bits per heavy atom.